The van der Waals surface area contributed by atoms with E-state index in [0.717, 1.165) is 11.8 Å². The minimum absolute atomic E-state index is 0.650. The van der Waals surface area contributed by atoms with Crippen LogP contribution >= 0.6 is 0 Å². The number of rotatable bonds is 7. The van der Waals surface area contributed by atoms with Gasteiger partial charge in [-0.15, -0.1) is 0 Å². The molecule has 0 bridgehead atoms. The van der Waals surface area contributed by atoms with Crippen molar-refractivity contribution in [2.24, 2.45) is 11.8 Å². The largest absolute Gasteiger partial charge is 0.304 e. The topological polar surface area (TPSA) is 6.48 Å². The molecule has 0 fully saturated rings. The van der Waals surface area contributed by atoms with Crippen molar-refractivity contribution in [3.05, 3.63) is 0 Å². The molecule has 0 aromatic heterocycles. The van der Waals surface area contributed by atoms with Crippen molar-refractivity contribution in [3.8, 4) is 0 Å². The molecule has 0 rings (SSSR count). The molecule has 16 heavy (non-hydrogen) atoms. The summed E-state index contributed by atoms with van der Waals surface area (Å²) in [4.78, 5) is 4.88. The molecule has 0 saturated heterocycles. The van der Waals surface area contributed by atoms with Gasteiger partial charge in [0.2, 0.25) is 0 Å². The van der Waals surface area contributed by atoms with Gasteiger partial charge in [0, 0.05) is 25.2 Å². The Balaban J connectivity index is 4.03. The molecule has 0 saturated carbocycles. The molecule has 0 heterocycles. The van der Waals surface area contributed by atoms with E-state index in [-0.39, 0.29) is 0 Å². The fourth-order valence-corrected chi connectivity index (χ4v) is 1.69. The normalized spacial score (nSPS) is 16.5. The highest BCUT2D eigenvalue weighted by Gasteiger charge is 2.18. The van der Waals surface area contributed by atoms with Gasteiger partial charge >= 0.3 is 0 Å². The van der Waals surface area contributed by atoms with Crippen LogP contribution in [0.4, 0.5) is 0 Å². The van der Waals surface area contributed by atoms with Gasteiger partial charge in [0.25, 0.3) is 0 Å². The number of nitrogens with zero attached hydrogens (tertiary/aromatic N) is 2. The van der Waals surface area contributed by atoms with Gasteiger partial charge in [-0.25, -0.2) is 0 Å². The van der Waals surface area contributed by atoms with Crippen molar-refractivity contribution in [2.45, 2.75) is 53.6 Å². The van der Waals surface area contributed by atoms with Crippen LogP contribution < -0.4 is 0 Å². The van der Waals surface area contributed by atoms with Crippen LogP contribution in [0.5, 0.6) is 0 Å². The summed E-state index contributed by atoms with van der Waals surface area (Å²) in [5, 5.41) is 0. The van der Waals surface area contributed by atoms with Crippen LogP contribution in [0.1, 0.15) is 41.5 Å². The maximum atomic E-state index is 2.44. The van der Waals surface area contributed by atoms with E-state index in [1.165, 1.54) is 13.1 Å². The summed E-state index contributed by atoms with van der Waals surface area (Å²) >= 11 is 0. The third-order valence-electron chi connectivity index (χ3n) is 3.89. The van der Waals surface area contributed by atoms with E-state index in [2.05, 4.69) is 65.4 Å². The Bertz CT molecular complexity index is 158. The van der Waals surface area contributed by atoms with Crippen molar-refractivity contribution in [1.82, 2.24) is 9.80 Å². The molecule has 0 radical (unpaired) electrons. The first-order chi connectivity index (χ1) is 7.25. The average molecular weight is 228 g/mol. The molecule has 0 N–H and O–H groups in total. The van der Waals surface area contributed by atoms with Crippen LogP contribution in [-0.2, 0) is 0 Å². The number of hydrogen-bond acceptors (Lipinski definition) is 2. The molecule has 0 amide bonds. The van der Waals surface area contributed by atoms with Crippen LogP contribution in [-0.4, -0.2) is 49.1 Å². The van der Waals surface area contributed by atoms with Crippen molar-refractivity contribution in [2.75, 3.05) is 27.2 Å². The van der Waals surface area contributed by atoms with Crippen molar-refractivity contribution >= 4 is 0 Å². The summed E-state index contributed by atoms with van der Waals surface area (Å²) in [5.74, 6) is 1.52. The summed E-state index contributed by atoms with van der Waals surface area (Å²) in [6.07, 6.45) is 0. The first-order valence-corrected chi connectivity index (χ1v) is 6.66. The predicted molar refractivity (Wildman–Crippen MR) is 73.9 cm³/mol. The Hall–Kier alpha value is -0.0800. The molecule has 2 heteroatoms. The Labute approximate surface area is 103 Å². The zero-order valence-corrected chi connectivity index (χ0v) is 12.6. The van der Waals surface area contributed by atoms with Crippen LogP contribution in [0, 0.1) is 11.8 Å². The highest BCUT2D eigenvalue weighted by atomic mass is 15.1. The lowest BCUT2D eigenvalue weighted by molar-refractivity contribution is 0.162. The van der Waals surface area contributed by atoms with Crippen molar-refractivity contribution in [3.63, 3.8) is 0 Å². The lowest BCUT2D eigenvalue weighted by Crippen LogP contribution is -2.37. The van der Waals surface area contributed by atoms with Crippen LogP contribution in [0.25, 0.3) is 0 Å². The van der Waals surface area contributed by atoms with Gasteiger partial charge in [-0.1, -0.05) is 13.8 Å². The summed E-state index contributed by atoms with van der Waals surface area (Å²) < 4.78 is 0. The molecular weight excluding hydrogens is 196 g/mol. The molecule has 0 aromatic rings. The maximum Gasteiger partial charge on any atom is 0.00356 e. The van der Waals surface area contributed by atoms with Crippen molar-refractivity contribution in [1.29, 1.82) is 0 Å². The predicted octanol–water partition coefficient (Wildman–Crippen LogP) is 2.94. The zero-order chi connectivity index (χ0) is 12.9. The van der Waals surface area contributed by atoms with E-state index in [4.69, 9.17) is 0 Å². The van der Waals surface area contributed by atoms with E-state index in [9.17, 15) is 0 Å². The molecule has 2 atom stereocenters. The molecule has 2 unspecified atom stereocenters. The van der Waals surface area contributed by atoms with Gasteiger partial charge in [-0.05, 0) is 53.6 Å². The summed E-state index contributed by atoms with van der Waals surface area (Å²) in [6, 6.07) is 1.30. The van der Waals surface area contributed by atoms with Crippen LogP contribution in [0.15, 0.2) is 0 Å². The van der Waals surface area contributed by atoms with E-state index < -0.39 is 0 Å². The minimum atomic E-state index is 0.650. The van der Waals surface area contributed by atoms with Crippen LogP contribution in [0.3, 0.4) is 0 Å². The van der Waals surface area contributed by atoms with Gasteiger partial charge in [-0.2, -0.15) is 0 Å². The van der Waals surface area contributed by atoms with Gasteiger partial charge in [0.15, 0.2) is 0 Å². The molecule has 0 aromatic carbocycles. The summed E-state index contributed by atoms with van der Waals surface area (Å²) in [7, 11) is 4.44. The third kappa shape index (κ3) is 5.86. The Morgan fingerprint density at radius 2 is 0.875 bits per heavy atom. The molecule has 2 nitrogen and oxygen atoms in total. The molecule has 98 valence electrons. The van der Waals surface area contributed by atoms with Gasteiger partial charge < -0.3 is 9.80 Å². The fourth-order valence-electron chi connectivity index (χ4n) is 1.69. The zero-order valence-electron chi connectivity index (χ0n) is 12.6. The second-order valence-electron chi connectivity index (χ2n) is 6.02. The number of hydrogen-bond donors (Lipinski definition) is 0. The Kier molecular flexibility index (Phi) is 7.25. The second kappa shape index (κ2) is 7.29. The molecule has 0 aliphatic carbocycles. The first kappa shape index (κ1) is 15.9. The van der Waals surface area contributed by atoms with E-state index in [1.807, 2.05) is 0 Å². The Morgan fingerprint density at radius 1 is 0.625 bits per heavy atom. The van der Waals surface area contributed by atoms with E-state index >= 15 is 0 Å². The fraction of sp³-hybridized carbons (Fsp3) is 1.00. The maximum absolute atomic E-state index is 2.44. The highest BCUT2D eigenvalue weighted by molar-refractivity contribution is 4.71. The van der Waals surface area contributed by atoms with Crippen LogP contribution in [0.2, 0.25) is 0 Å². The SMILES string of the molecule is CC(CN(C)C(C)C)C(C)CN(C)C(C)C. The monoisotopic (exact) mass is 228 g/mol. The first-order valence-electron chi connectivity index (χ1n) is 6.66. The van der Waals surface area contributed by atoms with Gasteiger partial charge in [-0.3, -0.25) is 0 Å². The molecule has 0 aliphatic heterocycles. The Morgan fingerprint density at radius 3 is 1.06 bits per heavy atom. The quantitative estimate of drug-likeness (QED) is 0.661. The average Bonchev–Trinajstić information content (AvgIpc) is 2.16. The summed E-state index contributed by atoms with van der Waals surface area (Å²) in [6.45, 7) is 16.2. The molecular formula is C14H32N2. The standard InChI is InChI=1S/C14H32N2/c1-11(2)15(7)9-13(5)14(6)10-16(8)12(3)4/h11-14H,9-10H2,1-8H3. The third-order valence-corrected chi connectivity index (χ3v) is 3.89. The molecule has 0 spiro atoms. The lowest BCUT2D eigenvalue weighted by atomic mass is 9.94. The molecule has 0 aliphatic rings. The second-order valence-corrected chi connectivity index (χ2v) is 6.02. The van der Waals surface area contributed by atoms with Crippen molar-refractivity contribution < 1.29 is 0 Å². The minimum Gasteiger partial charge on any atom is -0.304 e. The van der Waals surface area contributed by atoms with E-state index in [1.54, 1.807) is 0 Å². The summed E-state index contributed by atoms with van der Waals surface area (Å²) in [5.41, 5.74) is 0. The van der Waals surface area contributed by atoms with E-state index in [0.29, 0.717) is 12.1 Å². The smallest absolute Gasteiger partial charge is 0.00356 e. The highest BCUT2D eigenvalue weighted by Crippen LogP contribution is 2.15. The van der Waals surface area contributed by atoms with Gasteiger partial charge in [0.05, 0.1) is 0 Å². The van der Waals surface area contributed by atoms with Gasteiger partial charge in [0.1, 0.15) is 0 Å². The lowest BCUT2D eigenvalue weighted by Gasteiger charge is -2.31.